The van der Waals surface area contributed by atoms with E-state index in [0.717, 1.165) is 35.6 Å². The largest absolute Gasteiger partial charge is 0.336 e. The van der Waals surface area contributed by atoms with Gasteiger partial charge >= 0.3 is 0 Å². The monoisotopic (exact) mass is 393 g/mol. The molecule has 5 heteroatoms. The first-order valence-corrected chi connectivity index (χ1v) is 8.24. The normalized spacial score (nSPS) is 19.3. The number of carbonyl (C=O) groups is 1. The number of amides is 1. The predicted octanol–water partition coefficient (Wildman–Crippen LogP) is 4.49. The minimum absolute atomic E-state index is 0.0767. The number of alkyl halides is 1. The van der Waals surface area contributed by atoms with Gasteiger partial charge in [0.1, 0.15) is 0 Å². The first kappa shape index (κ1) is 14.4. The smallest absolute Gasteiger partial charge is 0.255 e. The fraction of sp³-hybridized carbons (Fsp3) is 0.462. The van der Waals surface area contributed by atoms with Crippen LogP contribution in [0.1, 0.15) is 29.6 Å². The molecule has 2 nitrogen and oxygen atoms in total. The fourth-order valence-corrected chi connectivity index (χ4v) is 3.46. The average molecular weight is 396 g/mol. The maximum atomic E-state index is 12.5. The Morgan fingerprint density at radius 1 is 1.50 bits per heavy atom. The summed E-state index contributed by atoms with van der Waals surface area (Å²) < 4.78 is 0.807. The minimum Gasteiger partial charge on any atom is -0.336 e. The molecule has 0 saturated carbocycles. The maximum absolute atomic E-state index is 12.5. The molecule has 1 saturated heterocycles. The summed E-state index contributed by atoms with van der Waals surface area (Å²) in [5.74, 6) is 0.0767. The molecule has 0 aliphatic carbocycles. The summed E-state index contributed by atoms with van der Waals surface area (Å²) in [5, 5.41) is 1.52. The van der Waals surface area contributed by atoms with Crippen molar-refractivity contribution in [3.8, 4) is 0 Å². The summed E-state index contributed by atoms with van der Waals surface area (Å²) in [6.07, 6.45) is 3.18. The molecule has 18 heavy (non-hydrogen) atoms. The number of benzene rings is 1. The first-order chi connectivity index (χ1) is 8.63. The van der Waals surface area contributed by atoms with E-state index >= 15 is 0 Å². The van der Waals surface area contributed by atoms with Crippen LogP contribution in [0.4, 0.5) is 0 Å². The van der Waals surface area contributed by atoms with Crippen LogP contribution >= 0.6 is 43.5 Å². The SMILES string of the molecule is O=C(c1cc(Cl)ccc1Br)N1CCCC1CCBr. The summed E-state index contributed by atoms with van der Waals surface area (Å²) in [4.78, 5) is 14.5. The Kier molecular flexibility index (Phi) is 5.10. The van der Waals surface area contributed by atoms with E-state index in [1.807, 2.05) is 11.0 Å². The van der Waals surface area contributed by atoms with Crippen molar-refractivity contribution in [3.63, 3.8) is 0 Å². The molecule has 1 aromatic rings. The molecule has 1 amide bonds. The minimum atomic E-state index is 0.0767. The van der Waals surface area contributed by atoms with Gasteiger partial charge in [0.15, 0.2) is 0 Å². The van der Waals surface area contributed by atoms with Crippen LogP contribution in [0, 0.1) is 0 Å². The second-order valence-electron chi connectivity index (χ2n) is 4.40. The van der Waals surface area contributed by atoms with Crippen molar-refractivity contribution in [2.24, 2.45) is 0 Å². The summed E-state index contributed by atoms with van der Waals surface area (Å²) in [7, 11) is 0. The van der Waals surface area contributed by atoms with Crippen molar-refractivity contribution < 1.29 is 4.79 Å². The van der Waals surface area contributed by atoms with E-state index in [4.69, 9.17) is 11.6 Å². The molecular weight excluding hydrogens is 381 g/mol. The van der Waals surface area contributed by atoms with Gasteiger partial charge in [-0.1, -0.05) is 27.5 Å². The summed E-state index contributed by atoms with van der Waals surface area (Å²) in [5.41, 5.74) is 0.656. The van der Waals surface area contributed by atoms with E-state index in [0.29, 0.717) is 16.6 Å². The highest BCUT2D eigenvalue weighted by Crippen LogP contribution is 2.27. The maximum Gasteiger partial charge on any atom is 0.255 e. The average Bonchev–Trinajstić information content (AvgIpc) is 2.80. The standard InChI is InChI=1S/C13H14Br2ClNO/c14-6-5-10-2-1-7-17(10)13(18)11-8-9(16)3-4-12(11)15/h3-4,8,10H,1-2,5-7H2. The molecule has 0 bridgehead atoms. The first-order valence-electron chi connectivity index (χ1n) is 5.95. The van der Waals surface area contributed by atoms with Crippen LogP contribution in [0.2, 0.25) is 5.02 Å². The highest BCUT2D eigenvalue weighted by Gasteiger charge is 2.29. The van der Waals surface area contributed by atoms with Gasteiger partial charge in [-0.05, 0) is 53.4 Å². The lowest BCUT2D eigenvalue weighted by Gasteiger charge is -2.24. The quantitative estimate of drug-likeness (QED) is 0.691. The molecule has 1 aromatic carbocycles. The molecule has 1 heterocycles. The Bertz CT molecular complexity index is 453. The molecule has 0 aromatic heterocycles. The number of likely N-dealkylation sites (tertiary alicyclic amines) is 1. The number of hydrogen-bond donors (Lipinski definition) is 0. The van der Waals surface area contributed by atoms with Crippen LogP contribution < -0.4 is 0 Å². The van der Waals surface area contributed by atoms with Gasteiger partial charge in [0, 0.05) is 27.4 Å². The van der Waals surface area contributed by atoms with Gasteiger partial charge in [0.25, 0.3) is 5.91 Å². The Morgan fingerprint density at radius 2 is 2.28 bits per heavy atom. The highest BCUT2D eigenvalue weighted by molar-refractivity contribution is 9.10. The number of rotatable bonds is 3. The van der Waals surface area contributed by atoms with Crippen molar-refractivity contribution in [3.05, 3.63) is 33.3 Å². The van der Waals surface area contributed by atoms with Crippen LogP contribution in [0.25, 0.3) is 0 Å². The number of hydrogen-bond acceptors (Lipinski definition) is 1. The van der Waals surface area contributed by atoms with Gasteiger partial charge in [-0.25, -0.2) is 0 Å². The van der Waals surface area contributed by atoms with Crippen LogP contribution in [-0.4, -0.2) is 28.7 Å². The Morgan fingerprint density at radius 3 is 3.00 bits per heavy atom. The van der Waals surface area contributed by atoms with Crippen LogP contribution in [-0.2, 0) is 0 Å². The van der Waals surface area contributed by atoms with Gasteiger partial charge in [-0.3, -0.25) is 4.79 Å². The molecule has 1 aliphatic heterocycles. The van der Waals surface area contributed by atoms with Crippen molar-refractivity contribution in [1.82, 2.24) is 4.90 Å². The van der Waals surface area contributed by atoms with Crippen LogP contribution in [0.15, 0.2) is 22.7 Å². The number of carbonyl (C=O) groups excluding carboxylic acids is 1. The zero-order valence-electron chi connectivity index (χ0n) is 9.83. The van der Waals surface area contributed by atoms with E-state index in [-0.39, 0.29) is 5.91 Å². The molecule has 98 valence electrons. The zero-order valence-corrected chi connectivity index (χ0v) is 13.8. The van der Waals surface area contributed by atoms with Gasteiger partial charge in [0.05, 0.1) is 5.56 Å². The molecule has 1 unspecified atom stereocenters. The molecule has 0 N–H and O–H groups in total. The third kappa shape index (κ3) is 3.09. The summed E-state index contributed by atoms with van der Waals surface area (Å²) in [6.45, 7) is 0.843. The zero-order chi connectivity index (χ0) is 13.1. The number of nitrogens with zero attached hydrogens (tertiary/aromatic N) is 1. The molecular formula is C13H14Br2ClNO. The Hall–Kier alpha value is -0.0600. The molecule has 1 atom stereocenters. The predicted molar refractivity (Wildman–Crippen MR) is 81.6 cm³/mol. The van der Waals surface area contributed by atoms with E-state index in [9.17, 15) is 4.79 Å². The third-order valence-electron chi connectivity index (χ3n) is 3.24. The highest BCUT2D eigenvalue weighted by atomic mass is 79.9. The molecule has 0 radical (unpaired) electrons. The van der Waals surface area contributed by atoms with Crippen LogP contribution in [0.3, 0.4) is 0 Å². The van der Waals surface area contributed by atoms with Gasteiger partial charge in [-0.2, -0.15) is 0 Å². The lowest BCUT2D eigenvalue weighted by Crippen LogP contribution is -2.35. The Balaban J connectivity index is 2.22. The van der Waals surface area contributed by atoms with E-state index in [2.05, 4.69) is 31.9 Å². The van der Waals surface area contributed by atoms with Crippen molar-refractivity contribution in [1.29, 1.82) is 0 Å². The van der Waals surface area contributed by atoms with E-state index in [1.54, 1.807) is 12.1 Å². The van der Waals surface area contributed by atoms with Gasteiger partial charge in [0.2, 0.25) is 0 Å². The summed E-state index contributed by atoms with van der Waals surface area (Å²) in [6, 6.07) is 5.69. The van der Waals surface area contributed by atoms with E-state index in [1.165, 1.54) is 0 Å². The van der Waals surface area contributed by atoms with Crippen molar-refractivity contribution in [2.45, 2.75) is 25.3 Å². The number of halogens is 3. The third-order valence-corrected chi connectivity index (χ3v) is 4.62. The second kappa shape index (κ2) is 6.40. The fourth-order valence-electron chi connectivity index (χ4n) is 2.35. The van der Waals surface area contributed by atoms with Crippen molar-refractivity contribution in [2.75, 3.05) is 11.9 Å². The lowest BCUT2D eigenvalue weighted by molar-refractivity contribution is 0.0734. The van der Waals surface area contributed by atoms with Crippen molar-refractivity contribution >= 4 is 49.4 Å². The van der Waals surface area contributed by atoms with E-state index < -0.39 is 0 Å². The summed E-state index contributed by atoms with van der Waals surface area (Å²) >= 11 is 12.8. The topological polar surface area (TPSA) is 20.3 Å². The Labute approximate surface area is 129 Å². The molecule has 0 spiro atoms. The van der Waals surface area contributed by atoms with Gasteiger partial charge in [-0.15, -0.1) is 0 Å². The van der Waals surface area contributed by atoms with Gasteiger partial charge < -0.3 is 4.90 Å². The van der Waals surface area contributed by atoms with Crippen LogP contribution in [0.5, 0.6) is 0 Å². The second-order valence-corrected chi connectivity index (χ2v) is 6.48. The lowest BCUT2D eigenvalue weighted by atomic mass is 10.1. The molecule has 1 fully saturated rings. The molecule has 1 aliphatic rings. The molecule has 2 rings (SSSR count).